The van der Waals surface area contributed by atoms with Crippen LogP contribution in [-0.4, -0.2) is 70.5 Å². The maximum Gasteiger partial charge on any atom is 0.321 e. The SMILES string of the molecule is N.O=C(Nc1ccc([C@@H]2[C@@H](CC[C@H](O)c3ccc(F)cc3)C(=O)N2c2ccc(F)cc2)c(O)c1)N1CCN(S(=O)(=O)[O-])CC1. The fourth-order valence-corrected chi connectivity index (χ4v) is 6.06. The Morgan fingerprint density at radius 2 is 1.57 bits per heavy atom. The topological polar surface area (TPSA) is 189 Å². The number of β-lactam (4-membered cyclic amide) rings is 1. The third kappa shape index (κ3) is 6.97. The van der Waals surface area contributed by atoms with E-state index in [1.54, 1.807) is 12.1 Å². The molecule has 3 atom stereocenters. The Hall–Kier alpha value is -4.15. The van der Waals surface area contributed by atoms with Crippen molar-refractivity contribution in [3.05, 3.63) is 89.5 Å². The minimum atomic E-state index is -4.59. The molecular weight excluding hydrogens is 600 g/mol. The molecule has 3 aromatic rings. The second kappa shape index (κ2) is 13.2. The first kappa shape index (κ1) is 32.8. The average Bonchev–Trinajstić information content (AvgIpc) is 2.97. The molecule has 3 aromatic carbocycles. The molecule has 0 unspecified atom stereocenters. The minimum Gasteiger partial charge on any atom is -0.735 e. The van der Waals surface area contributed by atoms with Gasteiger partial charge in [0.1, 0.15) is 17.4 Å². The van der Waals surface area contributed by atoms with Crippen LogP contribution in [0.2, 0.25) is 0 Å². The van der Waals surface area contributed by atoms with Gasteiger partial charge < -0.3 is 36.0 Å². The van der Waals surface area contributed by atoms with Gasteiger partial charge in [-0.3, -0.25) is 4.79 Å². The van der Waals surface area contributed by atoms with Crippen molar-refractivity contribution in [3.63, 3.8) is 0 Å². The maximum atomic E-state index is 13.6. The second-order valence-electron chi connectivity index (χ2n) is 10.4. The van der Waals surface area contributed by atoms with E-state index in [2.05, 4.69) is 5.32 Å². The number of phenolic OH excluding ortho intramolecular Hbond substituents is 1. The molecule has 12 nitrogen and oxygen atoms in total. The lowest BCUT2D eigenvalue weighted by Crippen LogP contribution is -2.55. The number of benzene rings is 3. The molecule has 0 aromatic heterocycles. The Bertz CT molecular complexity index is 1600. The molecule has 0 saturated carbocycles. The Kier molecular flexibility index (Phi) is 9.85. The fourth-order valence-electron chi connectivity index (χ4n) is 5.45. The first-order chi connectivity index (χ1) is 20.4. The lowest BCUT2D eigenvalue weighted by Gasteiger charge is -2.48. The number of aliphatic hydroxyl groups is 1. The predicted octanol–water partition coefficient (Wildman–Crippen LogP) is 3.66. The van der Waals surface area contributed by atoms with Crippen LogP contribution in [-0.2, 0) is 15.1 Å². The summed E-state index contributed by atoms with van der Waals surface area (Å²) >= 11 is 0. The predicted molar refractivity (Wildman–Crippen MR) is 156 cm³/mol. The summed E-state index contributed by atoms with van der Waals surface area (Å²) in [6.45, 7) is -0.232. The molecule has 5 rings (SSSR count). The van der Waals surface area contributed by atoms with E-state index in [1.807, 2.05) is 0 Å². The zero-order valence-corrected chi connectivity index (χ0v) is 24.3. The van der Waals surface area contributed by atoms with Crippen molar-refractivity contribution in [2.24, 2.45) is 5.92 Å². The normalized spacial score (nSPS) is 19.6. The number of hydrogen-bond donors (Lipinski definition) is 4. The number of aromatic hydroxyl groups is 1. The van der Waals surface area contributed by atoms with Crippen molar-refractivity contribution in [2.75, 3.05) is 36.4 Å². The van der Waals surface area contributed by atoms with Crippen molar-refractivity contribution in [1.82, 2.24) is 15.4 Å². The first-order valence-electron chi connectivity index (χ1n) is 13.5. The number of nitrogens with one attached hydrogen (secondary N) is 1. The van der Waals surface area contributed by atoms with Gasteiger partial charge >= 0.3 is 6.03 Å². The molecule has 236 valence electrons. The zero-order valence-electron chi connectivity index (χ0n) is 23.5. The number of urea groups is 1. The fraction of sp³-hybridized carbons (Fsp3) is 0.310. The number of nitrogens with zero attached hydrogens (tertiary/aromatic N) is 3. The van der Waals surface area contributed by atoms with Crippen molar-refractivity contribution in [2.45, 2.75) is 25.0 Å². The number of aliphatic hydroxyl groups excluding tert-OH is 1. The summed E-state index contributed by atoms with van der Waals surface area (Å²) in [5.41, 5.74) is 1.53. The van der Waals surface area contributed by atoms with Gasteiger partial charge in [-0.1, -0.05) is 18.2 Å². The summed E-state index contributed by atoms with van der Waals surface area (Å²) in [5.74, 6) is -2.05. The van der Waals surface area contributed by atoms with E-state index in [1.165, 1.54) is 64.4 Å². The minimum absolute atomic E-state index is 0. The van der Waals surface area contributed by atoms with Crippen LogP contribution in [0.25, 0.3) is 0 Å². The van der Waals surface area contributed by atoms with Crippen LogP contribution in [0.3, 0.4) is 0 Å². The van der Waals surface area contributed by atoms with E-state index in [9.17, 15) is 41.6 Å². The zero-order chi connectivity index (χ0) is 30.9. The van der Waals surface area contributed by atoms with Crippen LogP contribution < -0.4 is 16.4 Å². The summed E-state index contributed by atoms with van der Waals surface area (Å²) in [6, 6.07) is 14.0. The van der Waals surface area contributed by atoms with E-state index in [0.717, 1.165) is 4.31 Å². The number of phenols is 1. The van der Waals surface area contributed by atoms with Crippen LogP contribution in [0.15, 0.2) is 66.7 Å². The first-order valence-corrected chi connectivity index (χ1v) is 14.9. The molecule has 2 fully saturated rings. The molecule has 2 aliphatic heterocycles. The Labute approximate surface area is 253 Å². The average molecular weight is 633 g/mol. The van der Waals surface area contributed by atoms with E-state index >= 15 is 0 Å². The van der Waals surface area contributed by atoms with Gasteiger partial charge in [-0.05, 0) is 60.9 Å². The van der Waals surface area contributed by atoms with Crippen molar-refractivity contribution >= 4 is 33.6 Å². The van der Waals surface area contributed by atoms with Gasteiger partial charge in [0.25, 0.3) is 0 Å². The number of rotatable bonds is 8. The number of anilines is 2. The molecular formula is C29H32F2N5O7S-. The molecule has 15 heteroatoms. The van der Waals surface area contributed by atoms with Gasteiger partial charge in [-0.25, -0.2) is 26.3 Å². The standard InChI is InChI=1S/C29H30F2N4O7S.H3N/c30-19-3-1-18(2-4-19)25(36)12-11-24-27(35(28(24)38)22-8-5-20(31)6-9-22)23-10-7-21(17-26(23)37)32-29(39)33-13-15-34(16-14-33)43(40,41)42;/h1-10,17,24-25,27,36-37H,11-16H2,(H,32,39)(H,40,41,42);1H3/p-1/t24-,25+,27-;/m1./s1. The molecule has 0 bridgehead atoms. The highest BCUT2D eigenvalue weighted by Gasteiger charge is 2.49. The number of amides is 3. The van der Waals surface area contributed by atoms with E-state index in [0.29, 0.717) is 16.8 Å². The number of hydrogen-bond acceptors (Lipinski definition) is 8. The molecule has 0 aliphatic carbocycles. The number of halogens is 2. The molecule has 6 N–H and O–H groups in total. The van der Waals surface area contributed by atoms with Gasteiger partial charge in [-0.2, -0.15) is 0 Å². The monoisotopic (exact) mass is 632 g/mol. The highest BCUT2D eigenvalue weighted by molar-refractivity contribution is 7.83. The molecule has 2 heterocycles. The summed E-state index contributed by atoms with van der Waals surface area (Å²) in [4.78, 5) is 28.8. The van der Waals surface area contributed by atoms with Crippen LogP contribution >= 0.6 is 0 Å². The Morgan fingerprint density at radius 1 is 0.977 bits per heavy atom. The number of carbonyl (C=O) groups excluding carboxylic acids is 2. The van der Waals surface area contributed by atoms with Crippen LogP contribution in [0.1, 0.15) is 36.1 Å². The molecule has 3 amide bonds. The summed E-state index contributed by atoms with van der Waals surface area (Å²) in [6.07, 6.45) is -0.523. The summed E-state index contributed by atoms with van der Waals surface area (Å²) in [5, 5.41) is 24.3. The second-order valence-corrected chi connectivity index (χ2v) is 11.8. The van der Waals surface area contributed by atoms with Gasteiger partial charge in [-0.15, -0.1) is 0 Å². The smallest absolute Gasteiger partial charge is 0.321 e. The third-order valence-corrected chi connectivity index (χ3v) is 8.76. The number of carbonyl (C=O) groups is 2. The molecule has 2 saturated heterocycles. The third-order valence-electron chi connectivity index (χ3n) is 7.77. The van der Waals surface area contributed by atoms with Crippen LogP contribution in [0.4, 0.5) is 25.0 Å². The maximum absolute atomic E-state index is 13.6. The van der Waals surface area contributed by atoms with Crippen molar-refractivity contribution in [3.8, 4) is 5.75 Å². The molecule has 0 radical (unpaired) electrons. The highest BCUT2D eigenvalue weighted by Crippen LogP contribution is 2.49. The molecule has 44 heavy (non-hydrogen) atoms. The summed E-state index contributed by atoms with van der Waals surface area (Å²) in [7, 11) is -4.59. The van der Waals surface area contributed by atoms with Gasteiger partial charge in [0, 0.05) is 49.2 Å². The Morgan fingerprint density at radius 3 is 2.14 bits per heavy atom. The lowest BCUT2D eigenvalue weighted by atomic mass is 9.78. The van der Waals surface area contributed by atoms with Gasteiger partial charge in [0.15, 0.2) is 10.3 Å². The quantitative estimate of drug-likeness (QED) is 0.214. The van der Waals surface area contributed by atoms with E-state index < -0.39 is 46.0 Å². The van der Waals surface area contributed by atoms with Crippen molar-refractivity contribution in [1.29, 1.82) is 0 Å². The van der Waals surface area contributed by atoms with Gasteiger partial charge in [0.2, 0.25) is 5.91 Å². The van der Waals surface area contributed by atoms with E-state index in [-0.39, 0.29) is 62.5 Å². The molecule has 0 spiro atoms. The lowest BCUT2D eigenvalue weighted by molar-refractivity contribution is -0.131. The largest absolute Gasteiger partial charge is 0.735 e. The molecule has 2 aliphatic rings. The highest BCUT2D eigenvalue weighted by atomic mass is 32.2. The van der Waals surface area contributed by atoms with Crippen molar-refractivity contribution < 1.29 is 41.6 Å². The number of piperazine rings is 1. The van der Waals surface area contributed by atoms with Crippen LogP contribution in [0.5, 0.6) is 5.75 Å². The summed E-state index contributed by atoms with van der Waals surface area (Å²) < 4.78 is 61.2. The van der Waals surface area contributed by atoms with E-state index in [4.69, 9.17) is 0 Å². The Balaban J connectivity index is 0.00000442. The van der Waals surface area contributed by atoms with Crippen LogP contribution in [0, 0.1) is 17.6 Å². The van der Waals surface area contributed by atoms with Gasteiger partial charge in [0.05, 0.1) is 18.1 Å².